The number of hydrogen-bond donors (Lipinski definition) is 3. The van der Waals surface area contributed by atoms with Gasteiger partial charge in [-0.05, 0) is 0 Å². The van der Waals surface area contributed by atoms with Crippen LogP contribution in [0, 0.1) is 5.21 Å². The lowest BCUT2D eigenvalue weighted by atomic mass is 10.4. The monoisotopic (exact) mass is 207 g/mol. The van der Waals surface area contributed by atoms with Crippen molar-refractivity contribution in [3.8, 4) is 0 Å². The van der Waals surface area contributed by atoms with E-state index >= 15 is 0 Å². The van der Waals surface area contributed by atoms with Gasteiger partial charge in [-0.15, -0.1) is 0 Å². The van der Waals surface area contributed by atoms with Crippen LogP contribution in [0.3, 0.4) is 0 Å². The Hall–Kier alpha value is -1.67. The quantitative estimate of drug-likeness (QED) is 0.358. The molecule has 0 aromatic rings. The van der Waals surface area contributed by atoms with Gasteiger partial charge in [0.2, 0.25) is 0 Å². The highest BCUT2D eigenvalue weighted by Gasteiger charge is 2.27. The van der Waals surface area contributed by atoms with E-state index < -0.39 is 42.2 Å². The summed E-state index contributed by atoms with van der Waals surface area (Å²) in [6.07, 6.45) is 0. The molecule has 0 aliphatic carbocycles. The van der Waals surface area contributed by atoms with Crippen molar-refractivity contribution in [3.05, 3.63) is 5.21 Å². The maximum absolute atomic E-state index is 11.3. The van der Waals surface area contributed by atoms with Crippen LogP contribution in [0.15, 0.2) is 0 Å². The molecule has 0 rings (SSSR count). The van der Waals surface area contributed by atoms with E-state index in [-0.39, 0.29) is 0 Å². The molecule has 0 radical (unpaired) electrons. The maximum atomic E-state index is 11.3. The van der Waals surface area contributed by atoms with E-state index in [9.17, 15) is 19.6 Å². The number of quaternary nitrogens is 1. The topological polar surface area (TPSA) is 135 Å². The average Bonchev–Trinajstić information content (AvgIpc) is 1.76. The van der Waals surface area contributed by atoms with Crippen LogP contribution in [-0.4, -0.2) is 57.5 Å². The van der Waals surface area contributed by atoms with Crippen LogP contribution in [0.5, 0.6) is 0 Å². The van der Waals surface area contributed by atoms with Crippen molar-refractivity contribution in [3.63, 3.8) is 0 Å². The Bertz CT molecular complexity index is 220. The minimum atomic E-state index is -1.81. The summed E-state index contributed by atoms with van der Waals surface area (Å²) in [5.74, 6) is -4.62. The van der Waals surface area contributed by atoms with E-state index in [1.807, 2.05) is 0 Å². The minimum Gasteiger partial charge on any atom is -0.632 e. The highest BCUT2D eigenvalue weighted by molar-refractivity contribution is 5.73. The van der Waals surface area contributed by atoms with Crippen molar-refractivity contribution < 1.29 is 34.3 Å². The molecule has 14 heavy (non-hydrogen) atoms. The van der Waals surface area contributed by atoms with Crippen LogP contribution in [0.25, 0.3) is 0 Å². The average molecular weight is 207 g/mol. The summed E-state index contributed by atoms with van der Waals surface area (Å²) in [4.78, 5) is 30.5. The Labute approximate surface area is 78.1 Å². The lowest BCUT2D eigenvalue weighted by molar-refractivity contribution is -0.858. The van der Waals surface area contributed by atoms with Gasteiger partial charge >= 0.3 is 17.9 Å². The standard InChI is InChI=1S/C6H9NO7/c8-4(9)1-7(14,2-5(10)11)3-6(12)13/h1-3H2,(H,8,9)(H,10,11)(H,12,13). The number of rotatable bonds is 6. The third-order valence-electron chi connectivity index (χ3n) is 1.27. The molecule has 0 saturated heterocycles. The predicted octanol–water partition coefficient (Wildman–Crippen LogP) is -1.45. The van der Waals surface area contributed by atoms with Gasteiger partial charge in [0.05, 0.1) is 0 Å². The smallest absolute Gasteiger partial charge is 0.359 e. The molecule has 0 aliphatic heterocycles. The zero-order valence-corrected chi connectivity index (χ0v) is 7.04. The third-order valence-corrected chi connectivity index (χ3v) is 1.27. The molecule has 0 unspecified atom stereocenters. The maximum Gasteiger partial charge on any atom is 0.359 e. The van der Waals surface area contributed by atoms with E-state index in [1.54, 1.807) is 0 Å². The molecule has 3 N–H and O–H groups in total. The molecular weight excluding hydrogens is 198 g/mol. The number of hydroxylamine groups is 3. The number of carboxylic acid groups (broad SMARTS) is 3. The Balaban J connectivity index is 4.56. The van der Waals surface area contributed by atoms with Gasteiger partial charge in [0.25, 0.3) is 0 Å². The molecule has 0 atom stereocenters. The van der Waals surface area contributed by atoms with Crippen LogP contribution in [0.2, 0.25) is 0 Å². The molecule has 0 aliphatic rings. The SMILES string of the molecule is O=C(O)C[N+]([O-])(CC(=O)O)CC(=O)O. The Morgan fingerprint density at radius 1 is 0.857 bits per heavy atom. The second kappa shape index (κ2) is 4.53. The first-order chi connectivity index (χ1) is 6.25. The summed E-state index contributed by atoms with van der Waals surface area (Å²) < 4.78 is -1.81. The lowest BCUT2D eigenvalue weighted by Crippen LogP contribution is -2.52. The molecule has 0 heterocycles. The summed E-state index contributed by atoms with van der Waals surface area (Å²) in [5.41, 5.74) is 0. The first-order valence-corrected chi connectivity index (χ1v) is 3.48. The third kappa shape index (κ3) is 5.06. The molecule has 0 aromatic carbocycles. The highest BCUT2D eigenvalue weighted by atomic mass is 16.6. The molecule has 0 bridgehead atoms. The summed E-state index contributed by atoms with van der Waals surface area (Å²) in [7, 11) is 0. The second-order valence-electron chi connectivity index (χ2n) is 2.71. The fraction of sp³-hybridized carbons (Fsp3) is 0.500. The van der Waals surface area contributed by atoms with Crippen molar-refractivity contribution >= 4 is 17.9 Å². The summed E-state index contributed by atoms with van der Waals surface area (Å²) >= 11 is 0. The molecule has 0 saturated carbocycles. The molecule has 0 aromatic heterocycles. The van der Waals surface area contributed by atoms with Gasteiger partial charge in [-0.25, -0.2) is 14.4 Å². The molecule has 80 valence electrons. The van der Waals surface area contributed by atoms with Gasteiger partial charge in [-0.2, -0.15) is 0 Å². The van der Waals surface area contributed by atoms with Crippen molar-refractivity contribution in [2.24, 2.45) is 0 Å². The Morgan fingerprint density at radius 2 is 1.07 bits per heavy atom. The Kier molecular flexibility index (Phi) is 3.99. The van der Waals surface area contributed by atoms with Gasteiger partial charge in [-0.1, -0.05) is 0 Å². The first-order valence-electron chi connectivity index (χ1n) is 3.48. The van der Waals surface area contributed by atoms with Crippen LogP contribution in [0.4, 0.5) is 0 Å². The van der Waals surface area contributed by atoms with Crippen LogP contribution in [-0.2, 0) is 14.4 Å². The van der Waals surface area contributed by atoms with E-state index in [0.717, 1.165) is 0 Å². The molecule has 0 spiro atoms. The van der Waals surface area contributed by atoms with Gasteiger partial charge < -0.3 is 25.2 Å². The predicted molar refractivity (Wildman–Crippen MR) is 41.1 cm³/mol. The van der Waals surface area contributed by atoms with Crippen LogP contribution < -0.4 is 0 Å². The Morgan fingerprint density at radius 3 is 1.21 bits per heavy atom. The first kappa shape index (κ1) is 12.3. The fourth-order valence-corrected chi connectivity index (χ4v) is 0.907. The van der Waals surface area contributed by atoms with E-state index in [0.29, 0.717) is 0 Å². The molecule has 0 fully saturated rings. The van der Waals surface area contributed by atoms with E-state index in [1.165, 1.54) is 0 Å². The van der Waals surface area contributed by atoms with Gasteiger partial charge in [0.1, 0.15) is 0 Å². The van der Waals surface area contributed by atoms with Crippen molar-refractivity contribution in [1.29, 1.82) is 0 Å². The van der Waals surface area contributed by atoms with Crippen molar-refractivity contribution in [2.75, 3.05) is 19.6 Å². The van der Waals surface area contributed by atoms with Gasteiger partial charge in [0, 0.05) is 0 Å². The van der Waals surface area contributed by atoms with E-state index in [2.05, 4.69) is 0 Å². The zero-order chi connectivity index (χ0) is 11.4. The number of carbonyl (C=O) groups is 3. The second-order valence-corrected chi connectivity index (χ2v) is 2.71. The molecule has 8 heteroatoms. The van der Waals surface area contributed by atoms with Crippen molar-refractivity contribution in [1.82, 2.24) is 0 Å². The van der Waals surface area contributed by atoms with Gasteiger partial charge in [0.15, 0.2) is 19.6 Å². The number of nitrogens with zero attached hydrogens (tertiary/aromatic N) is 1. The normalized spacial score (nSPS) is 10.9. The number of aliphatic carboxylic acids is 3. The zero-order valence-electron chi connectivity index (χ0n) is 7.04. The number of hydrogen-bond acceptors (Lipinski definition) is 4. The summed E-state index contributed by atoms with van der Waals surface area (Å²) in [6, 6.07) is 0. The van der Waals surface area contributed by atoms with Crippen molar-refractivity contribution in [2.45, 2.75) is 0 Å². The molecule has 0 amide bonds. The van der Waals surface area contributed by atoms with Gasteiger partial charge in [-0.3, -0.25) is 0 Å². The van der Waals surface area contributed by atoms with Crippen LogP contribution >= 0.6 is 0 Å². The largest absolute Gasteiger partial charge is 0.632 e. The fourth-order valence-electron chi connectivity index (χ4n) is 0.907. The van der Waals surface area contributed by atoms with E-state index in [4.69, 9.17) is 15.3 Å². The van der Waals surface area contributed by atoms with Crippen LogP contribution in [0.1, 0.15) is 0 Å². The highest BCUT2D eigenvalue weighted by Crippen LogP contribution is 2.03. The minimum absolute atomic E-state index is 1.08. The molecule has 8 nitrogen and oxygen atoms in total. The lowest BCUT2D eigenvalue weighted by Gasteiger charge is -2.37. The number of carboxylic acids is 3. The summed E-state index contributed by atoms with van der Waals surface area (Å²) in [6.45, 7) is -3.25. The molecular formula is C6H9NO7. The summed E-state index contributed by atoms with van der Waals surface area (Å²) in [5, 5.41) is 36.1.